The van der Waals surface area contributed by atoms with Gasteiger partial charge in [0.1, 0.15) is 0 Å². The smallest absolute Gasteiger partial charge is 0.271 e. The third kappa shape index (κ3) is 3.97. The monoisotopic (exact) mass is 449 g/mol. The number of amides is 4. The Bertz CT molecular complexity index is 1130. The second-order valence-corrected chi connectivity index (χ2v) is 8.77. The van der Waals surface area contributed by atoms with Crippen LogP contribution >= 0.6 is 0 Å². The zero-order chi connectivity index (χ0) is 23.0. The number of aromatic nitrogens is 2. The molecule has 0 bridgehead atoms. The number of fused-ring (bicyclic) bond motifs is 1. The van der Waals surface area contributed by atoms with Gasteiger partial charge in [-0.15, -0.1) is 5.10 Å². The van der Waals surface area contributed by atoms with Crippen molar-refractivity contribution in [3.63, 3.8) is 0 Å². The molecule has 0 aliphatic carbocycles. The summed E-state index contributed by atoms with van der Waals surface area (Å²) in [5.41, 5.74) is 0.960. The highest BCUT2D eigenvalue weighted by molar-refractivity contribution is 6.22. The third-order valence-corrected chi connectivity index (χ3v) is 6.72. The van der Waals surface area contributed by atoms with Crippen LogP contribution in [-0.4, -0.2) is 71.1 Å². The van der Waals surface area contributed by atoms with Crippen LogP contribution in [0, 0.1) is 5.41 Å². The standard InChI is InChI=1S/C23H23N5O5/c29-19-16-4-3-14(10-17(16)20(30)26-19)22(32)28-13-23(5-8-33-9-6-23)11-15(28)12-24-21(31)18-2-1-7-25-27-18/h1-4,7,10,15H,5-6,8-9,11-13H2,(H,24,31)(H,26,29,30). The van der Waals surface area contributed by atoms with Crippen molar-refractivity contribution in [1.82, 2.24) is 25.7 Å². The molecule has 1 unspecified atom stereocenters. The molecule has 2 fully saturated rings. The number of hydrogen-bond donors (Lipinski definition) is 2. The molecule has 4 heterocycles. The molecule has 2 aromatic rings. The molecule has 10 heteroatoms. The number of nitrogens with one attached hydrogen (secondary N) is 2. The van der Waals surface area contributed by atoms with Crippen molar-refractivity contribution in [2.45, 2.75) is 25.3 Å². The molecule has 1 atom stereocenters. The zero-order valence-corrected chi connectivity index (χ0v) is 17.9. The van der Waals surface area contributed by atoms with Crippen molar-refractivity contribution in [2.75, 3.05) is 26.3 Å². The quantitative estimate of drug-likeness (QED) is 0.660. The molecule has 10 nitrogen and oxygen atoms in total. The summed E-state index contributed by atoms with van der Waals surface area (Å²) in [7, 11) is 0. The van der Waals surface area contributed by atoms with Crippen molar-refractivity contribution in [3.8, 4) is 0 Å². The van der Waals surface area contributed by atoms with Gasteiger partial charge in [0.2, 0.25) is 0 Å². The fourth-order valence-electron chi connectivity index (χ4n) is 4.94. The summed E-state index contributed by atoms with van der Waals surface area (Å²) in [6.45, 7) is 2.10. The van der Waals surface area contributed by atoms with Gasteiger partial charge in [-0.25, -0.2) is 0 Å². The van der Waals surface area contributed by atoms with E-state index in [-0.39, 0.29) is 46.6 Å². The minimum atomic E-state index is -0.500. The first kappa shape index (κ1) is 21.2. The molecular formula is C23H23N5O5. The van der Waals surface area contributed by atoms with E-state index in [2.05, 4.69) is 20.8 Å². The Morgan fingerprint density at radius 2 is 1.94 bits per heavy atom. The first-order chi connectivity index (χ1) is 16.0. The predicted octanol–water partition coefficient (Wildman–Crippen LogP) is 0.802. The highest BCUT2D eigenvalue weighted by Gasteiger charge is 2.46. The van der Waals surface area contributed by atoms with Crippen molar-refractivity contribution >= 4 is 23.6 Å². The number of hydrogen-bond acceptors (Lipinski definition) is 7. The molecule has 3 aliphatic rings. The SMILES string of the molecule is O=C(NCC1CC2(CCOCC2)CN1C(=O)c1ccc2c(c1)C(=O)NC2=O)c1cccnn1. The van der Waals surface area contributed by atoms with Gasteiger partial charge in [-0.1, -0.05) is 0 Å². The first-order valence-electron chi connectivity index (χ1n) is 10.9. The number of carbonyl (C=O) groups is 4. The Morgan fingerprint density at radius 3 is 2.70 bits per heavy atom. The van der Waals surface area contributed by atoms with Crippen molar-refractivity contribution in [1.29, 1.82) is 0 Å². The number of ether oxygens (including phenoxy) is 1. The van der Waals surface area contributed by atoms with E-state index in [0.29, 0.717) is 25.3 Å². The van der Waals surface area contributed by atoms with E-state index in [9.17, 15) is 19.2 Å². The Hall–Kier alpha value is -3.66. The van der Waals surface area contributed by atoms with Crippen molar-refractivity contribution in [2.24, 2.45) is 5.41 Å². The summed E-state index contributed by atoms with van der Waals surface area (Å²) in [6, 6.07) is 7.55. The highest BCUT2D eigenvalue weighted by atomic mass is 16.5. The summed E-state index contributed by atoms with van der Waals surface area (Å²) in [4.78, 5) is 51.7. The van der Waals surface area contributed by atoms with Gasteiger partial charge in [-0.3, -0.25) is 24.5 Å². The second kappa shape index (κ2) is 8.36. The number of rotatable bonds is 4. The number of nitrogens with zero attached hydrogens (tertiary/aromatic N) is 3. The first-order valence-corrected chi connectivity index (χ1v) is 10.9. The lowest BCUT2D eigenvalue weighted by Gasteiger charge is -2.33. The molecule has 2 saturated heterocycles. The summed E-state index contributed by atoms with van der Waals surface area (Å²) in [5.74, 6) is -1.54. The van der Waals surface area contributed by atoms with Crippen LogP contribution in [0.15, 0.2) is 36.5 Å². The van der Waals surface area contributed by atoms with Crippen LogP contribution < -0.4 is 10.6 Å². The Kier molecular flexibility index (Phi) is 5.37. The Balaban J connectivity index is 1.38. The van der Waals surface area contributed by atoms with Gasteiger partial charge in [0.15, 0.2) is 5.69 Å². The molecule has 0 radical (unpaired) electrons. The molecule has 33 heavy (non-hydrogen) atoms. The van der Waals surface area contributed by atoms with E-state index < -0.39 is 11.8 Å². The average molecular weight is 449 g/mol. The molecule has 1 aromatic carbocycles. The van der Waals surface area contributed by atoms with E-state index in [1.807, 2.05) is 0 Å². The molecule has 2 N–H and O–H groups in total. The van der Waals surface area contributed by atoms with Crippen molar-refractivity contribution in [3.05, 3.63) is 58.9 Å². The lowest BCUT2D eigenvalue weighted by Crippen LogP contribution is -2.43. The highest BCUT2D eigenvalue weighted by Crippen LogP contribution is 2.43. The van der Waals surface area contributed by atoms with Crippen LogP contribution in [0.25, 0.3) is 0 Å². The van der Waals surface area contributed by atoms with Gasteiger partial charge in [0.05, 0.1) is 11.1 Å². The topological polar surface area (TPSA) is 131 Å². The molecular weight excluding hydrogens is 426 g/mol. The van der Waals surface area contributed by atoms with Gasteiger partial charge in [0.25, 0.3) is 23.6 Å². The fourth-order valence-corrected chi connectivity index (χ4v) is 4.94. The van der Waals surface area contributed by atoms with E-state index in [4.69, 9.17) is 4.74 Å². The number of likely N-dealkylation sites (tertiary alicyclic amines) is 1. The number of benzene rings is 1. The normalized spacial score (nSPS) is 21.1. The van der Waals surface area contributed by atoms with Crippen molar-refractivity contribution < 1.29 is 23.9 Å². The van der Waals surface area contributed by atoms with E-state index in [1.54, 1.807) is 23.1 Å². The second-order valence-electron chi connectivity index (χ2n) is 8.77. The fraction of sp³-hybridized carbons (Fsp3) is 0.391. The molecule has 3 aliphatic heterocycles. The molecule has 1 aromatic heterocycles. The molecule has 170 valence electrons. The van der Waals surface area contributed by atoms with Gasteiger partial charge < -0.3 is 15.0 Å². The van der Waals surface area contributed by atoms with E-state index >= 15 is 0 Å². The van der Waals surface area contributed by atoms with Gasteiger partial charge in [0, 0.05) is 44.1 Å². The van der Waals surface area contributed by atoms with Crippen LogP contribution in [0.5, 0.6) is 0 Å². The minimum absolute atomic E-state index is 0.0695. The molecule has 4 amide bonds. The molecule has 0 saturated carbocycles. The van der Waals surface area contributed by atoms with Crippen LogP contribution in [0.2, 0.25) is 0 Å². The van der Waals surface area contributed by atoms with Crippen LogP contribution in [0.3, 0.4) is 0 Å². The third-order valence-electron chi connectivity index (χ3n) is 6.72. The maximum Gasteiger partial charge on any atom is 0.271 e. The summed E-state index contributed by atoms with van der Waals surface area (Å²) < 4.78 is 5.54. The maximum atomic E-state index is 13.5. The van der Waals surface area contributed by atoms with E-state index in [0.717, 1.165) is 19.3 Å². The van der Waals surface area contributed by atoms with Gasteiger partial charge in [-0.2, -0.15) is 5.10 Å². The van der Waals surface area contributed by atoms with Crippen LogP contribution in [0.4, 0.5) is 0 Å². The van der Waals surface area contributed by atoms with Crippen LogP contribution in [0.1, 0.15) is 60.8 Å². The van der Waals surface area contributed by atoms with E-state index in [1.165, 1.54) is 18.3 Å². The van der Waals surface area contributed by atoms with Gasteiger partial charge in [-0.05, 0) is 55.0 Å². The summed E-state index contributed by atoms with van der Waals surface area (Å²) in [5, 5.41) is 12.7. The Labute approximate surface area is 189 Å². The number of imide groups is 1. The average Bonchev–Trinajstić information content (AvgIpc) is 3.34. The summed E-state index contributed by atoms with van der Waals surface area (Å²) >= 11 is 0. The largest absolute Gasteiger partial charge is 0.381 e. The molecule has 1 spiro atoms. The van der Waals surface area contributed by atoms with Crippen LogP contribution in [-0.2, 0) is 4.74 Å². The Morgan fingerprint density at radius 1 is 1.15 bits per heavy atom. The van der Waals surface area contributed by atoms with Gasteiger partial charge >= 0.3 is 0 Å². The summed E-state index contributed by atoms with van der Waals surface area (Å²) in [6.07, 6.45) is 3.92. The molecule has 5 rings (SSSR count). The minimum Gasteiger partial charge on any atom is -0.381 e. The predicted molar refractivity (Wildman–Crippen MR) is 115 cm³/mol. The lowest BCUT2D eigenvalue weighted by molar-refractivity contribution is 0.0190. The lowest BCUT2D eigenvalue weighted by atomic mass is 9.78. The maximum absolute atomic E-state index is 13.5. The zero-order valence-electron chi connectivity index (χ0n) is 17.9. The number of carbonyl (C=O) groups excluding carboxylic acids is 4.